The highest BCUT2D eigenvalue weighted by molar-refractivity contribution is 14.1. The molecular formula is C18H10Cl2INO4. The molecule has 0 aliphatic heterocycles. The third-order valence-corrected chi connectivity index (χ3v) is 4.98. The van der Waals surface area contributed by atoms with Crippen LogP contribution in [0.4, 0.5) is 0 Å². The van der Waals surface area contributed by atoms with Crippen molar-refractivity contribution in [1.82, 2.24) is 4.98 Å². The summed E-state index contributed by atoms with van der Waals surface area (Å²) in [5.74, 6) is -2.41. The van der Waals surface area contributed by atoms with Gasteiger partial charge in [0, 0.05) is 25.1 Å². The second-order valence-corrected chi connectivity index (χ2v) is 7.49. The SMILES string of the molecule is O=C(O)/C(=C/c1c(C(=O)O)[nH]c2cc(Cl)cc(Cl)c12)c1ccc(I)cc1. The Labute approximate surface area is 171 Å². The summed E-state index contributed by atoms with van der Waals surface area (Å²) in [6, 6.07) is 9.88. The fraction of sp³-hybridized carbons (Fsp3) is 0. The van der Waals surface area contributed by atoms with Crippen LogP contribution in [0.25, 0.3) is 22.6 Å². The topological polar surface area (TPSA) is 90.4 Å². The summed E-state index contributed by atoms with van der Waals surface area (Å²) in [6.45, 7) is 0. The van der Waals surface area contributed by atoms with Gasteiger partial charge >= 0.3 is 11.9 Å². The monoisotopic (exact) mass is 501 g/mol. The number of aromatic amines is 1. The number of H-pyrrole nitrogens is 1. The lowest BCUT2D eigenvalue weighted by atomic mass is 10.0. The Morgan fingerprint density at radius 3 is 2.31 bits per heavy atom. The van der Waals surface area contributed by atoms with Gasteiger partial charge < -0.3 is 15.2 Å². The first-order chi connectivity index (χ1) is 12.3. The molecule has 5 nitrogen and oxygen atoms in total. The molecule has 0 atom stereocenters. The first kappa shape index (κ1) is 18.8. The number of halogens is 3. The van der Waals surface area contributed by atoms with Crippen LogP contribution >= 0.6 is 45.8 Å². The van der Waals surface area contributed by atoms with Gasteiger partial charge in [-0.05, 0) is 58.5 Å². The lowest BCUT2D eigenvalue weighted by Crippen LogP contribution is -2.02. The second-order valence-electron chi connectivity index (χ2n) is 5.40. The van der Waals surface area contributed by atoms with E-state index in [9.17, 15) is 19.8 Å². The van der Waals surface area contributed by atoms with Crippen molar-refractivity contribution in [3.8, 4) is 0 Å². The number of aliphatic carboxylic acids is 1. The Balaban J connectivity index is 2.32. The number of aromatic nitrogens is 1. The van der Waals surface area contributed by atoms with Crippen LogP contribution in [0.15, 0.2) is 36.4 Å². The van der Waals surface area contributed by atoms with Gasteiger partial charge in [-0.2, -0.15) is 0 Å². The molecule has 0 fully saturated rings. The van der Waals surface area contributed by atoms with Crippen molar-refractivity contribution >= 4 is 80.3 Å². The van der Waals surface area contributed by atoms with Crippen LogP contribution in [0.5, 0.6) is 0 Å². The summed E-state index contributed by atoms with van der Waals surface area (Å²) >= 11 is 14.3. The van der Waals surface area contributed by atoms with Crippen LogP contribution in [0.1, 0.15) is 21.6 Å². The Morgan fingerprint density at radius 1 is 1.08 bits per heavy atom. The average Bonchev–Trinajstić information content (AvgIpc) is 2.92. The van der Waals surface area contributed by atoms with Gasteiger partial charge in [-0.15, -0.1) is 0 Å². The Morgan fingerprint density at radius 2 is 1.73 bits per heavy atom. The summed E-state index contributed by atoms with van der Waals surface area (Å²) < 4.78 is 0.951. The van der Waals surface area contributed by atoms with Crippen LogP contribution in [0.2, 0.25) is 10.0 Å². The molecule has 1 heterocycles. The lowest BCUT2D eigenvalue weighted by Gasteiger charge is -2.05. The zero-order chi connectivity index (χ0) is 19.0. The van der Waals surface area contributed by atoms with Crippen molar-refractivity contribution in [3.63, 3.8) is 0 Å². The molecular weight excluding hydrogens is 492 g/mol. The molecule has 0 unspecified atom stereocenters. The lowest BCUT2D eigenvalue weighted by molar-refractivity contribution is -0.130. The standard InChI is InChI=1S/C18H10Cl2INO4/c19-9-5-13(20)15-12(16(18(25)26)22-14(15)6-9)7-11(17(23)24)8-1-3-10(21)4-2-8/h1-7,22H,(H,23,24)(H,25,26)/b11-7+. The Bertz CT molecular complexity index is 1070. The molecule has 0 saturated carbocycles. The van der Waals surface area contributed by atoms with Crippen LogP contribution < -0.4 is 0 Å². The number of aromatic carboxylic acids is 1. The number of hydrogen-bond acceptors (Lipinski definition) is 2. The van der Waals surface area contributed by atoms with Crippen molar-refractivity contribution in [2.24, 2.45) is 0 Å². The predicted molar refractivity (Wildman–Crippen MR) is 110 cm³/mol. The summed E-state index contributed by atoms with van der Waals surface area (Å²) in [4.78, 5) is 26.2. The van der Waals surface area contributed by atoms with Gasteiger partial charge in [0.25, 0.3) is 0 Å². The maximum Gasteiger partial charge on any atom is 0.352 e. The largest absolute Gasteiger partial charge is 0.478 e. The molecule has 8 heteroatoms. The molecule has 0 aliphatic rings. The van der Waals surface area contributed by atoms with Gasteiger partial charge in [-0.3, -0.25) is 0 Å². The zero-order valence-corrected chi connectivity index (χ0v) is 16.6. The van der Waals surface area contributed by atoms with E-state index in [1.165, 1.54) is 18.2 Å². The third kappa shape index (κ3) is 3.58. The molecule has 0 aliphatic carbocycles. The maximum atomic E-state index is 11.8. The van der Waals surface area contributed by atoms with Crippen molar-refractivity contribution in [2.45, 2.75) is 0 Å². The summed E-state index contributed by atoms with van der Waals surface area (Å²) in [5, 5.41) is 20.1. The smallest absolute Gasteiger partial charge is 0.352 e. The number of carboxylic acid groups (broad SMARTS) is 2. The molecule has 3 N–H and O–H groups in total. The fourth-order valence-electron chi connectivity index (χ4n) is 2.63. The van der Waals surface area contributed by atoms with E-state index in [2.05, 4.69) is 27.6 Å². The van der Waals surface area contributed by atoms with Crippen molar-refractivity contribution < 1.29 is 19.8 Å². The molecule has 3 rings (SSSR count). The minimum absolute atomic E-state index is 0.0455. The van der Waals surface area contributed by atoms with Gasteiger partial charge in [-0.1, -0.05) is 35.3 Å². The van der Waals surface area contributed by atoms with E-state index in [0.717, 1.165) is 3.57 Å². The number of nitrogens with one attached hydrogen (secondary N) is 1. The first-order valence-electron chi connectivity index (χ1n) is 7.23. The molecule has 0 amide bonds. The molecule has 0 spiro atoms. The van der Waals surface area contributed by atoms with Gasteiger partial charge in [0.2, 0.25) is 0 Å². The highest BCUT2D eigenvalue weighted by atomic mass is 127. The fourth-order valence-corrected chi connectivity index (χ4v) is 3.58. The van der Waals surface area contributed by atoms with Crippen LogP contribution in [0.3, 0.4) is 0 Å². The number of hydrogen-bond donors (Lipinski definition) is 3. The molecule has 2 aromatic carbocycles. The van der Waals surface area contributed by atoms with Gasteiger partial charge in [0.15, 0.2) is 0 Å². The first-order valence-corrected chi connectivity index (χ1v) is 9.06. The van der Waals surface area contributed by atoms with Crippen LogP contribution in [-0.4, -0.2) is 27.1 Å². The molecule has 3 aromatic rings. The normalized spacial score (nSPS) is 11.7. The molecule has 0 saturated heterocycles. The molecule has 0 bridgehead atoms. The van der Waals surface area contributed by atoms with Crippen molar-refractivity contribution in [1.29, 1.82) is 0 Å². The van der Waals surface area contributed by atoms with Crippen LogP contribution in [0, 0.1) is 3.57 Å². The number of rotatable bonds is 4. The van der Waals surface area contributed by atoms with E-state index in [-0.39, 0.29) is 21.9 Å². The molecule has 1 aromatic heterocycles. The number of fused-ring (bicyclic) bond motifs is 1. The van der Waals surface area contributed by atoms with E-state index >= 15 is 0 Å². The van der Waals surface area contributed by atoms with E-state index < -0.39 is 11.9 Å². The number of benzene rings is 2. The van der Waals surface area contributed by atoms with Gasteiger partial charge in [0.05, 0.1) is 10.6 Å². The van der Waals surface area contributed by atoms with Gasteiger partial charge in [0.1, 0.15) is 5.69 Å². The quantitative estimate of drug-likeness (QED) is 0.329. The minimum atomic E-state index is -1.23. The van der Waals surface area contributed by atoms with Crippen LogP contribution in [-0.2, 0) is 4.79 Å². The number of carbonyl (C=O) groups is 2. The van der Waals surface area contributed by atoms with E-state index in [1.54, 1.807) is 24.3 Å². The molecule has 132 valence electrons. The highest BCUT2D eigenvalue weighted by Crippen LogP contribution is 2.35. The predicted octanol–water partition coefficient (Wildman–Crippen LogP) is 5.40. The minimum Gasteiger partial charge on any atom is -0.478 e. The van der Waals surface area contributed by atoms with E-state index in [4.69, 9.17) is 23.2 Å². The van der Waals surface area contributed by atoms with Crippen molar-refractivity contribution in [3.05, 3.63) is 66.8 Å². The average molecular weight is 502 g/mol. The third-order valence-electron chi connectivity index (χ3n) is 3.74. The van der Waals surface area contributed by atoms with Crippen molar-refractivity contribution in [2.75, 3.05) is 0 Å². The summed E-state index contributed by atoms with van der Waals surface area (Å²) in [7, 11) is 0. The van der Waals surface area contributed by atoms with E-state index in [0.29, 0.717) is 21.5 Å². The van der Waals surface area contributed by atoms with E-state index in [1.807, 2.05) is 0 Å². The number of carboxylic acids is 2. The Kier molecular flexibility index (Phi) is 5.27. The summed E-state index contributed by atoms with van der Waals surface area (Å²) in [5.41, 5.74) is 0.849. The van der Waals surface area contributed by atoms with Gasteiger partial charge in [-0.25, -0.2) is 9.59 Å². The second kappa shape index (κ2) is 7.30. The summed E-state index contributed by atoms with van der Waals surface area (Å²) in [6.07, 6.45) is 1.31. The zero-order valence-electron chi connectivity index (χ0n) is 12.9. The molecule has 0 radical (unpaired) electrons. The molecule has 26 heavy (non-hydrogen) atoms. The highest BCUT2D eigenvalue weighted by Gasteiger charge is 2.21. The maximum absolute atomic E-state index is 11.8. The Hall–Kier alpha value is -2.03.